The van der Waals surface area contributed by atoms with Crippen LogP contribution in [0.2, 0.25) is 5.02 Å². The largest absolute Gasteiger partial charge is 0.456 e. The molecule has 5 nitrogen and oxygen atoms in total. The minimum Gasteiger partial charge on any atom is -0.456 e. The lowest BCUT2D eigenvalue weighted by Crippen LogP contribution is -2.15. The quantitative estimate of drug-likeness (QED) is 0.714. The van der Waals surface area contributed by atoms with Gasteiger partial charge in [0.1, 0.15) is 17.3 Å². The van der Waals surface area contributed by atoms with Crippen LogP contribution in [0.25, 0.3) is 0 Å². The molecule has 1 heterocycles. The average molecular weight is 354 g/mol. The number of ether oxygens (including phenoxy) is 1. The van der Waals surface area contributed by atoms with E-state index in [4.69, 9.17) is 22.1 Å². The Labute approximate surface area is 150 Å². The SMILES string of the molecule is Cc1ccc(C(=O)Nc2ccc(Oc3ccccc3Cl)cc2)c(N)n1. The summed E-state index contributed by atoms with van der Waals surface area (Å²) in [6.45, 7) is 1.82. The summed E-state index contributed by atoms with van der Waals surface area (Å²) in [5, 5.41) is 3.31. The first kappa shape index (κ1) is 16.8. The monoisotopic (exact) mass is 353 g/mol. The number of amides is 1. The number of aryl methyl sites for hydroxylation is 1. The molecule has 0 aliphatic rings. The molecule has 25 heavy (non-hydrogen) atoms. The normalized spacial score (nSPS) is 10.3. The molecule has 0 unspecified atom stereocenters. The first-order valence-electron chi connectivity index (χ1n) is 7.60. The van der Waals surface area contributed by atoms with Gasteiger partial charge in [0.05, 0.1) is 10.6 Å². The number of rotatable bonds is 4. The third-order valence-corrected chi connectivity index (χ3v) is 3.80. The first-order chi connectivity index (χ1) is 12.0. The number of pyridine rings is 1. The molecule has 0 bridgehead atoms. The number of nitrogens with two attached hydrogens (primary N) is 1. The summed E-state index contributed by atoms with van der Waals surface area (Å²) < 4.78 is 5.71. The van der Waals surface area contributed by atoms with Crippen LogP contribution < -0.4 is 15.8 Å². The highest BCUT2D eigenvalue weighted by atomic mass is 35.5. The van der Waals surface area contributed by atoms with Crippen molar-refractivity contribution >= 4 is 29.0 Å². The molecule has 6 heteroatoms. The smallest absolute Gasteiger partial charge is 0.259 e. The second-order valence-electron chi connectivity index (χ2n) is 5.40. The van der Waals surface area contributed by atoms with Crippen LogP contribution in [0.4, 0.5) is 11.5 Å². The van der Waals surface area contributed by atoms with Gasteiger partial charge in [0.15, 0.2) is 0 Å². The van der Waals surface area contributed by atoms with Crippen molar-refractivity contribution in [2.45, 2.75) is 6.92 Å². The zero-order valence-corrected chi connectivity index (χ0v) is 14.2. The van der Waals surface area contributed by atoms with Gasteiger partial charge in [-0.05, 0) is 55.5 Å². The van der Waals surface area contributed by atoms with Crippen LogP contribution in [-0.2, 0) is 0 Å². The molecule has 0 fully saturated rings. The summed E-state index contributed by atoms with van der Waals surface area (Å²) in [4.78, 5) is 16.4. The van der Waals surface area contributed by atoms with Crippen LogP contribution in [0.3, 0.4) is 0 Å². The number of hydrogen-bond acceptors (Lipinski definition) is 4. The van der Waals surface area contributed by atoms with Crippen LogP contribution in [0.5, 0.6) is 11.5 Å². The maximum absolute atomic E-state index is 12.3. The van der Waals surface area contributed by atoms with Crippen molar-refractivity contribution in [1.82, 2.24) is 4.98 Å². The first-order valence-corrected chi connectivity index (χ1v) is 7.97. The Morgan fingerprint density at radius 3 is 2.48 bits per heavy atom. The average Bonchev–Trinajstić information content (AvgIpc) is 2.58. The van der Waals surface area contributed by atoms with E-state index in [9.17, 15) is 4.79 Å². The van der Waals surface area contributed by atoms with Crippen molar-refractivity contribution in [3.63, 3.8) is 0 Å². The lowest BCUT2D eigenvalue weighted by molar-refractivity contribution is 0.102. The fourth-order valence-electron chi connectivity index (χ4n) is 2.23. The van der Waals surface area contributed by atoms with E-state index in [2.05, 4.69) is 10.3 Å². The van der Waals surface area contributed by atoms with Crippen LogP contribution in [0, 0.1) is 6.92 Å². The van der Waals surface area contributed by atoms with E-state index < -0.39 is 0 Å². The lowest BCUT2D eigenvalue weighted by atomic mass is 10.2. The highest BCUT2D eigenvalue weighted by Gasteiger charge is 2.11. The standard InChI is InChI=1S/C19H16ClN3O2/c1-12-6-11-15(18(21)22-12)19(24)23-13-7-9-14(10-8-13)25-17-5-3-2-4-16(17)20/h2-11H,1H3,(H2,21,22)(H,23,24). The van der Waals surface area contributed by atoms with E-state index in [1.54, 1.807) is 48.5 Å². The Kier molecular flexibility index (Phi) is 4.86. The highest BCUT2D eigenvalue weighted by molar-refractivity contribution is 6.32. The van der Waals surface area contributed by atoms with Gasteiger partial charge in [-0.3, -0.25) is 4.79 Å². The molecule has 2 aromatic carbocycles. The Hall–Kier alpha value is -3.05. The van der Waals surface area contributed by atoms with Gasteiger partial charge in [-0.15, -0.1) is 0 Å². The number of hydrogen-bond donors (Lipinski definition) is 2. The molecule has 0 aliphatic heterocycles. The predicted octanol–water partition coefficient (Wildman–Crippen LogP) is 4.67. The molecule has 1 aromatic heterocycles. The van der Waals surface area contributed by atoms with Gasteiger partial charge in [0, 0.05) is 11.4 Å². The van der Waals surface area contributed by atoms with Crippen LogP contribution in [-0.4, -0.2) is 10.9 Å². The number of nitrogen functional groups attached to an aromatic ring is 1. The third kappa shape index (κ3) is 4.08. The van der Waals surface area contributed by atoms with Gasteiger partial charge in [-0.1, -0.05) is 23.7 Å². The number of nitrogens with one attached hydrogen (secondary N) is 1. The number of carbonyl (C=O) groups is 1. The molecule has 0 atom stereocenters. The molecule has 3 N–H and O–H groups in total. The summed E-state index contributed by atoms with van der Waals surface area (Å²) in [5.74, 6) is 1.07. The zero-order valence-electron chi connectivity index (χ0n) is 13.5. The van der Waals surface area contributed by atoms with Gasteiger partial charge < -0.3 is 15.8 Å². The second kappa shape index (κ2) is 7.23. The number of halogens is 1. The highest BCUT2D eigenvalue weighted by Crippen LogP contribution is 2.29. The molecular formula is C19H16ClN3O2. The summed E-state index contributed by atoms with van der Waals surface area (Å²) in [6.07, 6.45) is 0. The number of para-hydroxylation sites is 1. The van der Waals surface area contributed by atoms with Crippen molar-refractivity contribution in [3.05, 3.63) is 76.9 Å². The summed E-state index contributed by atoms with van der Waals surface area (Å²) in [7, 11) is 0. The summed E-state index contributed by atoms with van der Waals surface area (Å²) >= 11 is 6.07. The Morgan fingerprint density at radius 2 is 1.80 bits per heavy atom. The molecule has 1 amide bonds. The topological polar surface area (TPSA) is 77.2 Å². The molecule has 126 valence electrons. The Balaban J connectivity index is 1.70. The van der Waals surface area contributed by atoms with E-state index in [0.29, 0.717) is 27.8 Å². The minimum atomic E-state index is -0.315. The summed E-state index contributed by atoms with van der Waals surface area (Å²) in [5.41, 5.74) is 7.51. The van der Waals surface area contributed by atoms with Crippen molar-refractivity contribution < 1.29 is 9.53 Å². The van der Waals surface area contributed by atoms with Crippen LogP contribution in [0.15, 0.2) is 60.7 Å². The predicted molar refractivity (Wildman–Crippen MR) is 99.3 cm³/mol. The van der Waals surface area contributed by atoms with Crippen molar-refractivity contribution in [2.24, 2.45) is 0 Å². The van der Waals surface area contributed by atoms with Crippen molar-refractivity contribution in [1.29, 1.82) is 0 Å². The number of carbonyl (C=O) groups excluding carboxylic acids is 1. The minimum absolute atomic E-state index is 0.205. The van der Waals surface area contributed by atoms with E-state index in [1.807, 2.05) is 19.1 Å². The molecule has 3 rings (SSSR count). The molecular weight excluding hydrogens is 338 g/mol. The van der Waals surface area contributed by atoms with E-state index in [1.165, 1.54) is 0 Å². The fraction of sp³-hybridized carbons (Fsp3) is 0.0526. The maximum atomic E-state index is 12.3. The Morgan fingerprint density at radius 1 is 1.08 bits per heavy atom. The molecule has 0 saturated heterocycles. The Bertz CT molecular complexity index is 911. The lowest BCUT2D eigenvalue weighted by Gasteiger charge is -2.10. The van der Waals surface area contributed by atoms with Gasteiger partial charge in [0.25, 0.3) is 5.91 Å². The second-order valence-corrected chi connectivity index (χ2v) is 5.80. The van der Waals surface area contributed by atoms with Gasteiger partial charge >= 0.3 is 0 Å². The number of aromatic nitrogens is 1. The number of anilines is 2. The maximum Gasteiger partial charge on any atom is 0.259 e. The van der Waals surface area contributed by atoms with E-state index >= 15 is 0 Å². The van der Waals surface area contributed by atoms with Crippen molar-refractivity contribution in [3.8, 4) is 11.5 Å². The van der Waals surface area contributed by atoms with Crippen molar-refractivity contribution in [2.75, 3.05) is 11.1 Å². The summed E-state index contributed by atoms with van der Waals surface area (Å²) in [6, 6.07) is 17.6. The molecule has 0 spiro atoms. The molecule has 0 radical (unpaired) electrons. The molecule has 0 aliphatic carbocycles. The number of nitrogens with zero attached hydrogens (tertiary/aromatic N) is 1. The molecule has 3 aromatic rings. The van der Waals surface area contributed by atoms with E-state index in [-0.39, 0.29) is 11.7 Å². The van der Waals surface area contributed by atoms with Crippen LogP contribution >= 0.6 is 11.6 Å². The van der Waals surface area contributed by atoms with Gasteiger partial charge in [-0.2, -0.15) is 0 Å². The van der Waals surface area contributed by atoms with Gasteiger partial charge in [0.2, 0.25) is 0 Å². The third-order valence-electron chi connectivity index (χ3n) is 3.49. The zero-order chi connectivity index (χ0) is 17.8. The number of benzene rings is 2. The van der Waals surface area contributed by atoms with E-state index in [0.717, 1.165) is 5.69 Å². The van der Waals surface area contributed by atoms with Crippen LogP contribution in [0.1, 0.15) is 16.1 Å². The molecule has 0 saturated carbocycles. The fourth-order valence-corrected chi connectivity index (χ4v) is 2.40. The van der Waals surface area contributed by atoms with Gasteiger partial charge in [-0.25, -0.2) is 4.98 Å².